The van der Waals surface area contributed by atoms with Gasteiger partial charge in [-0.15, -0.1) is 0 Å². The molecule has 1 aliphatic rings. The van der Waals surface area contributed by atoms with E-state index in [9.17, 15) is 0 Å². The van der Waals surface area contributed by atoms with E-state index in [1.54, 1.807) is 0 Å². The van der Waals surface area contributed by atoms with Gasteiger partial charge < -0.3 is 10.2 Å². The molecule has 0 bridgehead atoms. The molecule has 1 fully saturated rings. The molecule has 118 valence electrons. The molecular weight excluding hydrogens is 280 g/mol. The van der Waals surface area contributed by atoms with E-state index in [2.05, 4.69) is 43.1 Å². The number of piperidine rings is 1. The van der Waals surface area contributed by atoms with Crippen molar-refractivity contribution < 1.29 is 0 Å². The molecule has 1 atom stereocenters. The van der Waals surface area contributed by atoms with Crippen LogP contribution in [0.25, 0.3) is 0 Å². The maximum absolute atomic E-state index is 6.47. The predicted octanol–water partition coefficient (Wildman–Crippen LogP) is 4.71. The Hall–Kier alpha value is -0.730. The van der Waals surface area contributed by atoms with Crippen molar-refractivity contribution in [1.29, 1.82) is 0 Å². The summed E-state index contributed by atoms with van der Waals surface area (Å²) in [5, 5.41) is 4.43. The lowest BCUT2D eigenvalue weighted by Crippen LogP contribution is -2.36. The van der Waals surface area contributed by atoms with Gasteiger partial charge in [-0.2, -0.15) is 0 Å². The van der Waals surface area contributed by atoms with Gasteiger partial charge >= 0.3 is 0 Å². The fourth-order valence-electron chi connectivity index (χ4n) is 3.12. The second kappa shape index (κ2) is 8.05. The lowest BCUT2D eigenvalue weighted by Gasteiger charge is -2.35. The number of nitrogens with zero attached hydrogens (tertiary/aromatic N) is 1. The zero-order chi connectivity index (χ0) is 15.2. The van der Waals surface area contributed by atoms with E-state index in [4.69, 9.17) is 11.6 Å². The maximum Gasteiger partial charge on any atom is 0.0471 e. The molecular formula is C18H29ClN2. The zero-order valence-corrected chi connectivity index (χ0v) is 14.4. The Balaban J connectivity index is 2.12. The van der Waals surface area contributed by atoms with Crippen molar-refractivity contribution >= 4 is 17.3 Å². The molecule has 0 aliphatic carbocycles. The SMILES string of the molecule is CCC1CCCN(c2cccc(Cl)c2CNCC(C)C)C1. The Morgan fingerprint density at radius 3 is 2.90 bits per heavy atom. The average Bonchev–Trinajstić information content (AvgIpc) is 2.48. The number of nitrogens with one attached hydrogen (secondary N) is 1. The Morgan fingerprint density at radius 1 is 1.38 bits per heavy atom. The predicted molar refractivity (Wildman–Crippen MR) is 93.2 cm³/mol. The van der Waals surface area contributed by atoms with Crippen LogP contribution in [0.1, 0.15) is 45.6 Å². The zero-order valence-electron chi connectivity index (χ0n) is 13.7. The van der Waals surface area contributed by atoms with Gasteiger partial charge in [-0.25, -0.2) is 0 Å². The van der Waals surface area contributed by atoms with E-state index in [-0.39, 0.29) is 0 Å². The Morgan fingerprint density at radius 2 is 2.19 bits per heavy atom. The number of benzene rings is 1. The van der Waals surface area contributed by atoms with E-state index in [0.717, 1.165) is 30.6 Å². The first kappa shape index (κ1) is 16.6. The minimum atomic E-state index is 0.662. The number of rotatable bonds is 6. The van der Waals surface area contributed by atoms with E-state index in [1.807, 2.05) is 6.07 Å². The van der Waals surface area contributed by atoms with Crippen molar-refractivity contribution in [3.8, 4) is 0 Å². The van der Waals surface area contributed by atoms with Crippen molar-refractivity contribution in [2.24, 2.45) is 11.8 Å². The smallest absolute Gasteiger partial charge is 0.0471 e. The largest absolute Gasteiger partial charge is 0.371 e. The average molecular weight is 309 g/mol. The summed E-state index contributed by atoms with van der Waals surface area (Å²) in [5.41, 5.74) is 2.59. The van der Waals surface area contributed by atoms with Gasteiger partial charge in [-0.3, -0.25) is 0 Å². The summed E-state index contributed by atoms with van der Waals surface area (Å²) in [6.45, 7) is 11.0. The molecule has 0 saturated carbocycles. The molecule has 1 saturated heterocycles. The van der Waals surface area contributed by atoms with E-state index in [1.165, 1.54) is 37.1 Å². The van der Waals surface area contributed by atoms with Gasteiger partial charge in [0.05, 0.1) is 0 Å². The minimum Gasteiger partial charge on any atom is -0.371 e. The van der Waals surface area contributed by atoms with Gasteiger partial charge in [0.15, 0.2) is 0 Å². The molecule has 1 N–H and O–H groups in total. The van der Waals surface area contributed by atoms with Crippen molar-refractivity contribution in [3.63, 3.8) is 0 Å². The highest BCUT2D eigenvalue weighted by atomic mass is 35.5. The van der Waals surface area contributed by atoms with E-state index >= 15 is 0 Å². The Bertz CT molecular complexity index is 445. The van der Waals surface area contributed by atoms with Gasteiger partial charge in [0.25, 0.3) is 0 Å². The van der Waals surface area contributed by atoms with Crippen molar-refractivity contribution in [3.05, 3.63) is 28.8 Å². The van der Waals surface area contributed by atoms with Crippen LogP contribution in [0.3, 0.4) is 0 Å². The second-order valence-corrected chi connectivity index (χ2v) is 7.03. The van der Waals surface area contributed by atoms with Crippen molar-refractivity contribution in [2.45, 2.75) is 46.6 Å². The first-order chi connectivity index (χ1) is 10.1. The highest BCUT2D eigenvalue weighted by Crippen LogP contribution is 2.31. The van der Waals surface area contributed by atoms with Crippen LogP contribution in [-0.4, -0.2) is 19.6 Å². The third-order valence-corrected chi connectivity index (χ3v) is 4.74. The highest BCUT2D eigenvalue weighted by molar-refractivity contribution is 6.31. The third-order valence-electron chi connectivity index (χ3n) is 4.39. The quantitative estimate of drug-likeness (QED) is 0.818. The molecule has 2 nitrogen and oxygen atoms in total. The molecule has 0 spiro atoms. The summed E-state index contributed by atoms with van der Waals surface area (Å²) in [6.07, 6.45) is 3.94. The number of anilines is 1. The first-order valence-electron chi connectivity index (χ1n) is 8.34. The topological polar surface area (TPSA) is 15.3 Å². The summed E-state index contributed by atoms with van der Waals surface area (Å²) < 4.78 is 0. The van der Waals surface area contributed by atoms with Gasteiger partial charge in [0.2, 0.25) is 0 Å². The standard InChI is InChI=1S/C18H29ClN2/c1-4-15-7-6-10-21(13-15)18-9-5-8-17(19)16(18)12-20-11-14(2)3/h5,8-9,14-15,20H,4,6-7,10-13H2,1-3H3. The molecule has 1 unspecified atom stereocenters. The van der Waals surface area contributed by atoms with Crippen molar-refractivity contribution in [1.82, 2.24) is 5.32 Å². The molecule has 21 heavy (non-hydrogen) atoms. The van der Waals surface area contributed by atoms with Crippen LogP contribution in [0, 0.1) is 11.8 Å². The summed E-state index contributed by atoms with van der Waals surface area (Å²) in [5.74, 6) is 1.49. The summed E-state index contributed by atoms with van der Waals surface area (Å²) in [6, 6.07) is 6.33. The highest BCUT2D eigenvalue weighted by Gasteiger charge is 2.21. The molecule has 0 aromatic heterocycles. The Kier molecular flexibility index (Phi) is 6.38. The monoisotopic (exact) mass is 308 g/mol. The number of halogens is 1. The fourth-order valence-corrected chi connectivity index (χ4v) is 3.36. The molecule has 0 amide bonds. The number of hydrogen-bond acceptors (Lipinski definition) is 2. The van der Waals surface area contributed by atoms with Gasteiger partial charge in [-0.05, 0) is 43.4 Å². The molecule has 1 aromatic rings. The Labute approximate surface area is 134 Å². The second-order valence-electron chi connectivity index (χ2n) is 6.62. The van der Waals surface area contributed by atoms with Gasteiger partial charge in [0, 0.05) is 35.9 Å². The van der Waals surface area contributed by atoms with Crippen LogP contribution in [-0.2, 0) is 6.54 Å². The summed E-state index contributed by atoms with van der Waals surface area (Å²) in [7, 11) is 0. The summed E-state index contributed by atoms with van der Waals surface area (Å²) in [4.78, 5) is 2.54. The normalized spacial score (nSPS) is 19.3. The molecule has 1 aliphatic heterocycles. The number of hydrogen-bond donors (Lipinski definition) is 1. The molecule has 2 rings (SSSR count). The molecule has 1 heterocycles. The molecule has 3 heteroatoms. The minimum absolute atomic E-state index is 0.662. The van der Waals surface area contributed by atoms with Crippen LogP contribution in [0.4, 0.5) is 5.69 Å². The van der Waals surface area contributed by atoms with E-state index < -0.39 is 0 Å². The third kappa shape index (κ3) is 4.62. The fraction of sp³-hybridized carbons (Fsp3) is 0.667. The lowest BCUT2D eigenvalue weighted by atomic mass is 9.94. The van der Waals surface area contributed by atoms with Crippen molar-refractivity contribution in [2.75, 3.05) is 24.5 Å². The maximum atomic E-state index is 6.47. The van der Waals surface area contributed by atoms with Gasteiger partial charge in [-0.1, -0.05) is 44.9 Å². The van der Waals surface area contributed by atoms with Crippen LogP contribution in [0.2, 0.25) is 5.02 Å². The van der Waals surface area contributed by atoms with E-state index in [0.29, 0.717) is 5.92 Å². The molecule has 0 radical (unpaired) electrons. The molecule has 1 aromatic carbocycles. The van der Waals surface area contributed by atoms with Crippen LogP contribution < -0.4 is 10.2 Å². The summed E-state index contributed by atoms with van der Waals surface area (Å²) >= 11 is 6.47. The lowest BCUT2D eigenvalue weighted by molar-refractivity contribution is 0.404. The first-order valence-corrected chi connectivity index (χ1v) is 8.72. The van der Waals surface area contributed by atoms with Crippen LogP contribution in [0.15, 0.2) is 18.2 Å². The van der Waals surface area contributed by atoms with Gasteiger partial charge in [0.1, 0.15) is 0 Å². The van der Waals surface area contributed by atoms with Crippen LogP contribution >= 0.6 is 11.6 Å². The van der Waals surface area contributed by atoms with Crippen LogP contribution in [0.5, 0.6) is 0 Å².